The van der Waals surface area contributed by atoms with Crippen molar-refractivity contribution in [3.63, 3.8) is 0 Å². The minimum Gasteiger partial charge on any atom is -0.496 e. The average Bonchev–Trinajstić information content (AvgIpc) is 2.89. The number of aryl methyl sites for hydroxylation is 1. The molecule has 1 aromatic heterocycles. The number of carbonyl (C=O) groups is 2. The number of unbranched alkanes of at least 4 members (excludes halogenated alkanes) is 3. The van der Waals surface area contributed by atoms with E-state index in [0.717, 1.165) is 36.8 Å². The van der Waals surface area contributed by atoms with Crippen LogP contribution in [0.25, 0.3) is 10.9 Å². The maximum atomic E-state index is 12.8. The van der Waals surface area contributed by atoms with E-state index in [0.29, 0.717) is 44.7 Å². The van der Waals surface area contributed by atoms with Crippen LogP contribution in [0, 0.1) is 6.92 Å². The SMILES string of the molecule is CCCCCCC(=O)NCC(=O)N(C)c1ccc(Cl)c(COc2cccc3c(OC)cc(C)nc23)c1Cl. The first-order chi connectivity index (χ1) is 17.8. The van der Waals surface area contributed by atoms with E-state index < -0.39 is 0 Å². The summed E-state index contributed by atoms with van der Waals surface area (Å²) in [6.07, 6.45) is 4.43. The molecular formula is C28H33Cl2N3O4. The summed E-state index contributed by atoms with van der Waals surface area (Å²) in [7, 11) is 3.22. The first-order valence-corrected chi connectivity index (χ1v) is 13.1. The normalized spacial score (nSPS) is 10.9. The van der Waals surface area contributed by atoms with Crippen molar-refractivity contribution < 1.29 is 19.1 Å². The lowest BCUT2D eigenvalue weighted by atomic mass is 10.1. The van der Waals surface area contributed by atoms with Gasteiger partial charge < -0.3 is 19.7 Å². The number of fused-ring (bicyclic) bond motifs is 1. The molecule has 3 aromatic rings. The second-order valence-electron chi connectivity index (χ2n) is 8.81. The molecule has 0 fully saturated rings. The van der Waals surface area contributed by atoms with Crippen LogP contribution in [-0.2, 0) is 16.2 Å². The van der Waals surface area contributed by atoms with Crippen molar-refractivity contribution in [2.45, 2.75) is 52.6 Å². The molecule has 0 unspecified atom stereocenters. The molecule has 2 aromatic carbocycles. The molecular weight excluding hydrogens is 513 g/mol. The lowest BCUT2D eigenvalue weighted by molar-refractivity contribution is -0.124. The highest BCUT2D eigenvalue weighted by molar-refractivity contribution is 6.38. The number of nitrogens with one attached hydrogen (secondary N) is 1. The van der Waals surface area contributed by atoms with Crippen LogP contribution in [0.15, 0.2) is 36.4 Å². The third-order valence-electron chi connectivity index (χ3n) is 6.08. The standard InChI is InChI=1S/C28H33Cl2N3O4/c1-5-6-7-8-12-25(34)31-16-26(35)33(3)22-14-13-21(29)20(27(22)30)17-37-23-11-9-10-19-24(36-4)15-18(2)32-28(19)23/h9-11,13-15H,5-8,12,16-17H2,1-4H3,(H,31,34). The number of hydrogen-bond donors (Lipinski definition) is 1. The number of hydrogen-bond acceptors (Lipinski definition) is 5. The molecule has 0 radical (unpaired) electrons. The maximum absolute atomic E-state index is 12.8. The Morgan fingerprint density at radius 3 is 2.59 bits per heavy atom. The number of para-hydroxylation sites is 1. The van der Waals surface area contributed by atoms with Crippen LogP contribution in [0.2, 0.25) is 10.0 Å². The Bertz CT molecular complexity index is 1270. The Labute approximate surface area is 228 Å². The lowest BCUT2D eigenvalue weighted by Crippen LogP contribution is -2.38. The molecule has 0 saturated heterocycles. The molecule has 0 atom stereocenters. The predicted molar refractivity (Wildman–Crippen MR) is 149 cm³/mol. The van der Waals surface area contributed by atoms with E-state index in [2.05, 4.69) is 17.2 Å². The number of rotatable bonds is 12. The van der Waals surface area contributed by atoms with Gasteiger partial charge in [-0.25, -0.2) is 4.98 Å². The van der Waals surface area contributed by atoms with Crippen LogP contribution in [0.3, 0.4) is 0 Å². The highest BCUT2D eigenvalue weighted by Gasteiger charge is 2.20. The fourth-order valence-corrected chi connectivity index (χ4v) is 4.56. The first-order valence-electron chi connectivity index (χ1n) is 12.3. The van der Waals surface area contributed by atoms with E-state index in [1.165, 1.54) is 4.90 Å². The summed E-state index contributed by atoms with van der Waals surface area (Å²) in [4.78, 5) is 30.8. The van der Waals surface area contributed by atoms with Gasteiger partial charge in [-0.2, -0.15) is 0 Å². The number of likely N-dealkylation sites (N-methyl/N-ethyl adjacent to an activating group) is 1. The van der Waals surface area contributed by atoms with Gasteiger partial charge in [-0.15, -0.1) is 0 Å². The molecule has 9 heteroatoms. The fraction of sp³-hybridized carbons (Fsp3) is 0.393. The highest BCUT2D eigenvalue weighted by atomic mass is 35.5. The van der Waals surface area contributed by atoms with Gasteiger partial charge in [0, 0.05) is 41.2 Å². The van der Waals surface area contributed by atoms with Crippen molar-refractivity contribution in [3.05, 3.63) is 57.7 Å². The molecule has 7 nitrogen and oxygen atoms in total. The molecule has 1 heterocycles. The van der Waals surface area contributed by atoms with Crippen molar-refractivity contribution in [1.29, 1.82) is 0 Å². The molecule has 0 aliphatic rings. The minimum absolute atomic E-state index is 0.0685. The van der Waals surface area contributed by atoms with Crippen LogP contribution >= 0.6 is 23.2 Å². The number of benzene rings is 2. The summed E-state index contributed by atoms with van der Waals surface area (Å²) in [5, 5.41) is 4.24. The Kier molecular flexibility index (Phi) is 10.4. The summed E-state index contributed by atoms with van der Waals surface area (Å²) < 4.78 is 11.6. The molecule has 0 saturated carbocycles. The molecule has 2 amide bonds. The Hall–Kier alpha value is -3.03. The molecule has 0 spiro atoms. The Morgan fingerprint density at radius 1 is 1.08 bits per heavy atom. The lowest BCUT2D eigenvalue weighted by Gasteiger charge is -2.21. The van der Waals surface area contributed by atoms with Crippen molar-refractivity contribution >= 4 is 51.6 Å². The second-order valence-corrected chi connectivity index (χ2v) is 9.59. The van der Waals surface area contributed by atoms with E-state index in [9.17, 15) is 9.59 Å². The highest BCUT2D eigenvalue weighted by Crippen LogP contribution is 2.36. The van der Waals surface area contributed by atoms with Gasteiger partial charge in [0.1, 0.15) is 23.6 Å². The van der Waals surface area contributed by atoms with Crippen LogP contribution in [0.1, 0.15) is 50.3 Å². The predicted octanol–water partition coefficient (Wildman–Crippen LogP) is 6.49. The summed E-state index contributed by atoms with van der Waals surface area (Å²) in [5.74, 6) is 0.839. The summed E-state index contributed by atoms with van der Waals surface area (Å²) in [5.41, 5.74) is 2.48. The van der Waals surface area contributed by atoms with E-state index in [1.807, 2.05) is 31.2 Å². The number of anilines is 1. The number of carbonyl (C=O) groups excluding carboxylic acids is 2. The summed E-state index contributed by atoms with van der Waals surface area (Å²) in [6.45, 7) is 3.96. The van der Waals surface area contributed by atoms with Crippen LogP contribution in [0.5, 0.6) is 11.5 Å². The van der Waals surface area contributed by atoms with Crippen LogP contribution in [-0.4, -0.2) is 37.5 Å². The van der Waals surface area contributed by atoms with Crippen LogP contribution < -0.4 is 19.7 Å². The fourth-order valence-electron chi connectivity index (χ4n) is 3.95. The molecule has 0 aliphatic carbocycles. The Morgan fingerprint density at radius 2 is 1.86 bits per heavy atom. The van der Waals surface area contributed by atoms with Crippen LogP contribution in [0.4, 0.5) is 5.69 Å². The van der Waals surface area contributed by atoms with Crippen molar-refractivity contribution in [1.82, 2.24) is 10.3 Å². The number of aromatic nitrogens is 1. The average molecular weight is 546 g/mol. The quantitative estimate of drug-likeness (QED) is 0.263. The van der Waals surface area contributed by atoms with E-state index in [4.69, 9.17) is 32.7 Å². The number of pyridine rings is 1. The minimum atomic E-state index is -0.293. The monoisotopic (exact) mass is 545 g/mol. The molecule has 0 bridgehead atoms. The third kappa shape index (κ3) is 7.27. The Balaban J connectivity index is 1.72. The second kappa shape index (κ2) is 13.5. The molecule has 198 valence electrons. The molecule has 0 aliphatic heterocycles. The maximum Gasteiger partial charge on any atom is 0.246 e. The molecule has 3 rings (SSSR count). The van der Waals surface area contributed by atoms with Gasteiger partial charge in [-0.1, -0.05) is 55.5 Å². The van der Waals surface area contributed by atoms with Gasteiger partial charge >= 0.3 is 0 Å². The zero-order valence-electron chi connectivity index (χ0n) is 21.7. The van der Waals surface area contributed by atoms with E-state index in [1.54, 1.807) is 26.3 Å². The number of halogens is 2. The topological polar surface area (TPSA) is 80.8 Å². The van der Waals surface area contributed by atoms with Gasteiger partial charge in [0.15, 0.2) is 0 Å². The number of ether oxygens (including phenoxy) is 2. The van der Waals surface area contributed by atoms with Gasteiger partial charge in [-0.3, -0.25) is 9.59 Å². The van der Waals surface area contributed by atoms with Crippen molar-refractivity contribution in [2.75, 3.05) is 25.6 Å². The van der Waals surface area contributed by atoms with Gasteiger partial charge in [-0.05, 0) is 37.6 Å². The number of amides is 2. The summed E-state index contributed by atoms with van der Waals surface area (Å²) in [6, 6.07) is 10.8. The number of methoxy groups -OCH3 is 1. The third-order valence-corrected chi connectivity index (χ3v) is 6.86. The van der Waals surface area contributed by atoms with E-state index >= 15 is 0 Å². The largest absolute Gasteiger partial charge is 0.496 e. The number of nitrogens with zero attached hydrogens (tertiary/aromatic N) is 2. The molecule has 1 N–H and O–H groups in total. The zero-order chi connectivity index (χ0) is 26.9. The first kappa shape index (κ1) is 28.5. The van der Waals surface area contributed by atoms with Crippen molar-refractivity contribution in [3.8, 4) is 11.5 Å². The smallest absolute Gasteiger partial charge is 0.246 e. The zero-order valence-corrected chi connectivity index (χ0v) is 23.2. The van der Waals surface area contributed by atoms with E-state index in [-0.39, 0.29) is 25.0 Å². The van der Waals surface area contributed by atoms with Crippen molar-refractivity contribution in [2.24, 2.45) is 0 Å². The summed E-state index contributed by atoms with van der Waals surface area (Å²) >= 11 is 13.1. The van der Waals surface area contributed by atoms with Gasteiger partial charge in [0.25, 0.3) is 0 Å². The van der Waals surface area contributed by atoms with Gasteiger partial charge in [0.2, 0.25) is 11.8 Å². The molecule has 37 heavy (non-hydrogen) atoms. The van der Waals surface area contributed by atoms with Gasteiger partial charge in [0.05, 0.1) is 24.4 Å².